The summed E-state index contributed by atoms with van der Waals surface area (Å²) in [5.74, 6) is 0. The number of ether oxygens (including phenoxy) is 1. The fourth-order valence-corrected chi connectivity index (χ4v) is 1.74. The maximum Gasteiger partial charge on any atom is 0.0639 e. The van der Waals surface area contributed by atoms with Gasteiger partial charge in [0.25, 0.3) is 0 Å². The van der Waals surface area contributed by atoms with Crippen LogP contribution < -0.4 is 5.32 Å². The van der Waals surface area contributed by atoms with Crippen molar-refractivity contribution in [3.63, 3.8) is 0 Å². The van der Waals surface area contributed by atoms with Crippen LogP contribution in [0.1, 0.15) is 34.6 Å². The van der Waals surface area contributed by atoms with Gasteiger partial charge in [-0.25, -0.2) is 0 Å². The molecule has 0 saturated heterocycles. The van der Waals surface area contributed by atoms with Crippen molar-refractivity contribution in [3.05, 3.63) is 27.8 Å². The Balaban J connectivity index is 2.23. The highest BCUT2D eigenvalue weighted by Gasteiger charge is 2.32. The van der Waals surface area contributed by atoms with Crippen LogP contribution in [0.4, 0.5) is 5.69 Å². The summed E-state index contributed by atoms with van der Waals surface area (Å²) in [6, 6.07) is 8.40. The van der Waals surface area contributed by atoms with Gasteiger partial charge in [0, 0.05) is 15.8 Å². The molecular formula is C16H26INO. The largest absolute Gasteiger partial charge is 0.383 e. The third-order valence-corrected chi connectivity index (χ3v) is 4.63. The van der Waals surface area contributed by atoms with Crippen LogP contribution in [0, 0.1) is 14.4 Å². The van der Waals surface area contributed by atoms with E-state index in [1.807, 2.05) is 0 Å². The summed E-state index contributed by atoms with van der Waals surface area (Å²) in [6.07, 6.45) is 0. The quantitative estimate of drug-likeness (QED) is 0.570. The van der Waals surface area contributed by atoms with Crippen molar-refractivity contribution in [2.45, 2.75) is 34.6 Å². The minimum atomic E-state index is 0.190. The van der Waals surface area contributed by atoms with Crippen molar-refractivity contribution in [1.29, 1.82) is 0 Å². The number of halogens is 1. The lowest BCUT2D eigenvalue weighted by Crippen LogP contribution is -2.34. The van der Waals surface area contributed by atoms with Crippen LogP contribution in [0.15, 0.2) is 24.3 Å². The van der Waals surface area contributed by atoms with Gasteiger partial charge in [0.05, 0.1) is 13.2 Å². The van der Waals surface area contributed by atoms with E-state index in [2.05, 4.69) is 86.8 Å². The Morgan fingerprint density at radius 3 is 2.16 bits per heavy atom. The maximum absolute atomic E-state index is 5.81. The van der Waals surface area contributed by atoms with E-state index in [1.54, 1.807) is 0 Å². The van der Waals surface area contributed by atoms with Crippen LogP contribution in [0.2, 0.25) is 0 Å². The molecule has 108 valence electrons. The Labute approximate surface area is 131 Å². The van der Waals surface area contributed by atoms with E-state index in [0.29, 0.717) is 0 Å². The van der Waals surface area contributed by atoms with Gasteiger partial charge in [0.2, 0.25) is 0 Å². The molecule has 1 N–H and O–H groups in total. The first-order chi connectivity index (χ1) is 8.72. The topological polar surface area (TPSA) is 21.3 Å². The molecule has 1 aromatic rings. The van der Waals surface area contributed by atoms with E-state index in [-0.39, 0.29) is 10.8 Å². The van der Waals surface area contributed by atoms with Crippen LogP contribution in [0.25, 0.3) is 0 Å². The summed E-state index contributed by atoms with van der Waals surface area (Å²) in [6.45, 7) is 13.7. The third-order valence-electron chi connectivity index (χ3n) is 3.91. The van der Waals surface area contributed by atoms with Gasteiger partial charge in [0.15, 0.2) is 0 Å². The molecule has 0 spiro atoms. The van der Waals surface area contributed by atoms with E-state index in [4.69, 9.17) is 4.74 Å². The van der Waals surface area contributed by atoms with Gasteiger partial charge in [0.1, 0.15) is 0 Å². The summed E-state index contributed by atoms with van der Waals surface area (Å²) in [7, 11) is 0. The van der Waals surface area contributed by atoms with Crippen LogP contribution in [-0.2, 0) is 4.74 Å². The monoisotopic (exact) mass is 375 g/mol. The molecule has 0 fully saturated rings. The molecule has 0 bridgehead atoms. The molecule has 0 aromatic heterocycles. The van der Waals surface area contributed by atoms with Gasteiger partial charge in [-0.3, -0.25) is 0 Å². The smallest absolute Gasteiger partial charge is 0.0639 e. The lowest BCUT2D eigenvalue weighted by Gasteiger charge is -2.38. The lowest BCUT2D eigenvalue weighted by atomic mass is 9.70. The minimum absolute atomic E-state index is 0.190. The zero-order valence-electron chi connectivity index (χ0n) is 12.7. The zero-order chi connectivity index (χ0) is 14.5. The van der Waals surface area contributed by atoms with Crippen molar-refractivity contribution in [1.82, 2.24) is 0 Å². The summed E-state index contributed by atoms with van der Waals surface area (Å²) >= 11 is 2.31. The Morgan fingerprint density at radius 1 is 1.05 bits per heavy atom. The predicted octanol–water partition coefficient (Wildman–Crippen LogP) is 4.79. The standard InChI is InChI=1S/C16H26INO/c1-15(2,3)16(4,5)12-19-11-10-18-14-8-6-13(17)7-9-14/h6-9,18H,10-12H2,1-5H3. The molecule has 0 amide bonds. The van der Waals surface area contributed by atoms with Gasteiger partial charge in [-0.1, -0.05) is 34.6 Å². The Bertz CT molecular complexity index is 379. The molecule has 0 aliphatic rings. The molecule has 19 heavy (non-hydrogen) atoms. The first-order valence-electron chi connectivity index (χ1n) is 6.79. The van der Waals surface area contributed by atoms with Gasteiger partial charge in [-0.15, -0.1) is 0 Å². The van der Waals surface area contributed by atoms with Gasteiger partial charge < -0.3 is 10.1 Å². The fraction of sp³-hybridized carbons (Fsp3) is 0.625. The van der Waals surface area contributed by atoms with Gasteiger partial charge in [-0.2, -0.15) is 0 Å². The molecule has 0 aliphatic heterocycles. The van der Waals surface area contributed by atoms with Crippen molar-refractivity contribution in [3.8, 4) is 0 Å². The molecule has 1 aromatic carbocycles. The van der Waals surface area contributed by atoms with Crippen LogP contribution in [-0.4, -0.2) is 19.8 Å². The molecule has 0 heterocycles. The highest BCUT2D eigenvalue weighted by Crippen LogP contribution is 2.37. The normalized spacial score (nSPS) is 12.5. The number of hydrogen-bond donors (Lipinski definition) is 1. The Kier molecular flexibility index (Phi) is 6.12. The Morgan fingerprint density at radius 2 is 1.63 bits per heavy atom. The number of benzene rings is 1. The van der Waals surface area contributed by atoms with Crippen LogP contribution >= 0.6 is 22.6 Å². The second kappa shape index (κ2) is 6.93. The average Bonchev–Trinajstić information content (AvgIpc) is 2.29. The predicted molar refractivity (Wildman–Crippen MR) is 91.7 cm³/mol. The van der Waals surface area contributed by atoms with Crippen molar-refractivity contribution in [2.24, 2.45) is 10.8 Å². The SMILES string of the molecule is CC(C)(C)C(C)(C)COCCNc1ccc(I)cc1. The van der Waals surface area contributed by atoms with Gasteiger partial charge in [-0.05, 0) is 57.7 Å². The molecule has 0 radical (unpaired) electrons. The number of hydrogen-bond acceptors (Lipinski definition) is 2. The molecule has 0 unspecified atom stereocenters. The first kappa shape index (κ1) is 16.8. The first-order valence-corrected chi connectivity index (χ1v) is 7.87. The van der Waals surface area contributed by atoms with Crippen LogP contribution in [0.3, 0.4) is 0 Å². The van der Waals surface area contributed by atoms with Crippen molar-refractivity contribution < 1.29 is 4.74 Å². The molecule has 0 atom stereocenters. The molecule has 3 heteroatoms. The maximum atomic E-state index is 5.81. The van der Waals surface area contributed by atoms with E-state index >= 15 is 0 Å². The van der Waals surface area contributed by atoms with Crippen LogP contribution in [0.5, 0.6) is 0 Å². The number of anilines is 1. The third kappa shape index (κ3) is 5.69. The van der Waals surface area contributed by atoms with E-state index < -0.39 is 0 Å². The second-order valence-corrected chi connectivity index (χ2v) is 7.87. The number of nitrogens with one attached hydrogen (secondary N) is 1. The highest BCUT2D eigenvalue weighted by atomic mass is 127. The summed E-state index contributed by atoms with van der Waals surface area (Å²) in [5.41, 5.74) is 1.60. The zero-order valence-corrected chi connectivity index (χ0v) is 14.9. The molecule has 2 nitrogen and oxygen atoms in total. The summed E-state index contributed by atoms with van der Waals surface area (Å²) < 4.78 is 7.06. The second-order valence-electron chi connectivity index (χ2n) is 6.62. The van der Waals surface area contributed by atoms with Crippen molar-refractivity contribution >= 4 is 28.3 Å². The summed E-state index contributed by atoms with van der Waals surface area (Å²) in [4.78, 5) is 0. The van der Waals surface area contributed by atoms with Gasteiger partial charge >= 0.3 is 0 Å². The summed E-state index contributed by atoms with van der Waals surface area (Å²) in [5, 5.41) is 3.37. The minimum Gasteiger partial charge on any atom is -0.383 e. The van der Waals surface area contributed by atoms with E-state index in [1.165, 1.54) is 3.57 Å². The van der Waals surface area contributed by atoms with Crippen molar-refractivity contribution in [2.75, 3.05) is 25.1 Å². The molecule has 1 rings (SSSR count). The Hall–Kier alpha value is -0.290. The fourth-order valence-electron chi connectivity index (χ4n) is 1.38. The molecule has 0 aliphatic carbocycles. The average molecular weight is 375 g/mol. The molecular weight excluding hydrogens is 349 g/mol. The molecule has 0 saturated carbocycles. The lowest BCUT2D eigenvalue weighted by molar-refractivity contribution is 0.00333. The highest BCUT2D eigenvalue weighted by molar-refractivity contribution is 14.1. The number of rotatable bonds is 6. The van der Waals surface area contributed by atoms with E-state index in [0.717, 1.165) is 25.4 Å². The van der Waals surface area contributed by atoms with E-state index in [9.17, 15) is 0 Å².